The molecule has 0 atom stereocenters. The van der Waals surface area contributed by atoms with Crippen molar-refractivity contribution in [2.24, 2.45) is 0 Å². The molecule has 3 aromatic heterocycles. The van der Waals surface area contributed by atoms with Gasteiger partial charge in [-0.15, -0.1) is 0 Å². The number of anilines is 2. The van der Waals surface area contributed by atoms with E-state index in [1.807, 2.05) is 48.5 Å². The second kappa shape index (κ2) is 14.3. The van der Waals surface area contributed by atoms with Crippen LogP contribution in [0.15, 0.2) is 99.2 Å². The first-order valence-corrected chi connectivity index (χ1v) is 17.9. The number of ether oxygens (including phenoxy) is 2. The molecule has 0 spiro atoms. The quantitative estimate of drug-likeness (QED) is 0.0955. The number of hydrogen-bond acceptors (Lipinski definition) is 11. The third kappa shape index (κ3) is 6.73. The van der Waals surface area contributed by atoms with Crippen LogP contribution in [-0.2, 0) is 11.3 Å². The van der Waals surface area contributed by atoms with Crippen LogP contribution in [0.4, 0.5) is 11.5 Å². The fourth-order valence-electron chi connectivity index (χ4n) is 6.53. The minimum absolute atomic E-state index is 0.0462. The summed E-state index contributed by atoms with van der Waals surface area (Å²) in [4.78, 5) is 27.9. The lowest BCUT2D eigenvalue weighted by molar-refractivity contribution is -0.117. The Labute approximate surface area is 304 Å². The van der Waals surface area contributed by atoms with Gasteiger partial charge in [0.15, 0.2) is 22.5 Å². The van der Waals surface area contributed by atoms with Gasteiger partial charge in [-0.05, 0) is 84.4 Å². The summed E-state index contributed by atoms with van der Waals surface area (Å²) < 4.78 is 19.1. The fourth-order valence-corrected chi connectivity index (χ4v) is 7.60. The van der Waals surface area contributed by atoms with E-state index in [9.17, 15) is 10.1 Å². The molecule has 0 unspecified atom stereocenters. The van der Waals surface area contributed by atoms with Gasteiger partial charge >= 0.3 is 0 Å². The molecule has 1 amide bonds. The number of benzene rings is 3. The van der Waals surface area contributed by atoms with E-state index in [1.165, 1.54) is 17.4 Å². The number of furan rings is 1. The van der Waals surface area contributed by atoms with Crippen LogP contribution < -0.4 is 25.4 Å². The third-order valence-corrected chi connectivity index (χ3v) is 10.4. The molecule has 3 N–H and O–H groups in total. The first-order valence-electron chi connectivity index (χ1n) is 17.1. The maximum absolute atomic E-state index is 13.2. The SMILES string of the molecule is CN1CCN(c2ccc3cc(C=C(C#N)C(=O)NCCCn4c(Sc5cc6c(cc5-c5ccco5)OCO6)nc5c(N)nccc54)ccc3c2)CC1. The van der Waals surface area contributed by atoms with Crippen LogP contribution in [0.5, 0.6) is 11.5 Å². The van der Waals surface area contributed by atoms with Crippen LogP contribution in [0.25, 0.3) is 39.2 Å². The number of amides is 1. The maximum atomic E-state index is 13.2. The van der Waals surface area contributed by atoms with Gasteiger partial charge in [0, 0.05) is 61.6 Å². The lowest BCUT2D eigenvalue weighted by Gasteiger charge is -2.34. The lowest BCUT2D eigenvalue weighted by atomic mass is 10.0. The summed E-state index contributed by atoms with van der Waals surface area (Å²) in [6, 6.07) is 24.0. The molecule has 6 aromatic rings. The number of pyridine rings is 1. The fraction of sp³-hybridized carbons (Fsp3) is 0.231. The Kier molecular flexibility index (Phi) is 9.15. The summed E-state index contributed by atoms with van der Waals surface area (Å²) >= 11 is 1.45. The van der Waals surface area contributed by atoms with Crippen molar-refractivity contribution in [2.75, 3.05) is 57.2 Å². The van der Waals surface area contributed by atoms with Crippen molar-refractivity contribution in [2.45, 2.75) is 23.0 Å². The van der Waals surface area contributed by atoms with Gasteiger partial charge in [0.2, 0.25) is 6.79 Å². The number of imidazole rings is 1. The smallest absolute Gasteiger partial charge is 0.261 e. The van der Waals surface area contributed by atoms with E-state index >= 15 is 0 Å². The van der Waals surface area contributed by atoms with Gasteiger partial charge in [-0.2, -0.15) is 5.26 Å². The van der Waals surface area contributed by atoms with Crippen LogP contribution in [-0.4, -0.2) is 71.9 Å². The van der Waals surface area contributed by atoms with Gasteiger partial charge in [0.25, 0.3) is 5.91 Å². The van der Waals surface area contributed by atoms with Gasteiger partial charge in [-0.25, -0.2) is 9.97 Å². The number of piperazine rings is 1. The predicted octanol–water partition coefficient (Wildman–Crippen LogP) is 6.17. The number of likely N-dealkylation sites (N-methyl/N-ethyl adjacent to an activating group) is 1. The standard InChI is InChI=1S/C39H36N8O4S/c1-45-13-15-46(16-14-45)29-8-7-26-18-25(5-6-27(26)20-29)19-28(23-40)38(48)43-10-3-12-47-31-9-11-42-37(41)36(31)44-39(47)52-35-22-34-33(50-24-51-34)21-30(35)32-4-2-17-49-32/h2,4-9,11,17-22H,3,10,12-16,24H2,1H3,(H2,41,42)(H,43,48). The lowest BCUT2D eigenvalue weighted by Crippen LogP contribution is -2.44. The second-order valence-electron chi connectivity index (χ2n) is 12.8. The number of hydrogen-bond donors (Lipinski definition) is 2. The van der Waals surface area contributed by atoms with E-state index in [-0.39, 0.29) is 12.4 Å². The molecule has 8 rings (SSSR count). The molecule has 5 heterocycles. The van der Waals surface area contributed by atoms with Gasteiger partial charge in [0.1, 0.15) is 22.9 Å². The molecule has 2 aliphatic rings. The molecule has 3 aromatic carbocycles. The van der Waals surface area contributed by atoms with Crippen molar-refractivity contribution >= 4 is 57.1 Å². The Hall–Kier alpha value is -5.97. The number of carbonyl (C=O) groups excluding carboxylic acids is 1. The highest BCUT2D eigenvalue weighted by molar-refractivity contribution is 7.99. The number of carbonyl (C=O) groups is 1. The number of nitrogens with zero attached hydrogens (tertiary/aromatic N) is 6. The Bertz CT molecular complexity index is 2360. The van der Waals surface area contributed by atoms with E-state index in [2.05, 4.69) is 56.0 Å². The molecule has 1 fully saturated rings. The van der Waals surface area contributed by atoms with Gasteiger partial charge in [-0.3, -0.25) is 4.79 Å². The van der Waals surface area contributed by atoms with E-state index < -0.39 is 5.91 Å². The number of nitriles is 1. The summed E-state index contributed by atoms with van der Waals surface area (Å²) in [5, 5.41) is 15.7. The Balaban J connectivity index is 0.961. The number of rotatable bonds is 10. The average Bonchev–Trinajstić information content (AvgIpc) is 3.93. The van der Waals surface area contributed by atoms with Gasteiger partial charge < -0.3 is 39.3 Å². The van der Waals surface area contributed by atoms with Crippen molar-refractivity contribution in [1.29, 1.82) is 5.26 Å². The van der Waals surface area contributed by atoms with Crippen LogP contribution in [0.1, 0.15) is 12.0 Å². The average molecular weight is 713 g/mol. The van der Waals surface area contributed by atoms with E-state index in [0.717, 1.165) is 58.5 Å². The molecule has 12 nitrogen and oxygen atoms in total. The monoisotopic (exact) mass is 712 g/mol. The van der Waals surface area contributed by atoms with Crippen molar-refractivity contribution in [1.82, 2.24) is 24.8 Å². The molecule has 0 aliphatic carbocycles. The van der Waals surface area contributed by atoms with Crippen molar-refractivity contribution < 1.29 is 18.7 Å². The van der Waals surface area contributed by atoms with Crippen molar-refractivity contribution in [3.8, 4) is 28.9 Å². The number of fused-ring (bicyclic) bond motifs is 3. The number of nitrogen functional groups attached to an aromatic ring is 1. The minimum atomic E-state index is -0.421. The van der Waals surface area contributed by atoms with Crippen LogP contribution >= 0.6 is 11.8 Å². The molecule has 0 bridgehead atoms. The number of aromatic nitrogens is 3. The highest BCUT2D eigenvalue weighted by atomic mass is 32.2. The Morgan fingerprint density at radius 3 is 2.65 bits per heavy atom. The van der Waals surface area contributed by atoms with E-state index in [0.29, 0.717) is 53.3 Å². The summed E-state index contributed by atoms with van der Waals surface area (Å²) in [6.07, 6.45) is 5.50. The van der Waals surface area contributed by atoms with Crippen LogP contribution in [0.2, 0.25) is 0 Å². The third-order valence-electron chi connectivity index (χ3n) is 9.36. The second-order valence-corrected chi connectivity index (χ2v) is 13.8. The van der Waals surface area contributed by atoms with Gasteiger partial charge in [-0.1, -0.05) is 30.0 Å². The first-order chi connectivity index (χ1) is 25.4. The number of aryl methyl sites for hydroxylation is 1. The highest BCUT2D eigenvalue weighted by Crippen LogP contribution is 2.45. The zero-order valence-electron chi connectivity index (χ0n) is 28.5. The summed E-state index contributed by atoms with van der Waals surface area (Å²) in [5.41, 5.74) is 10.6. The predicted molar refractivity (Wildman–Crippen MR) is 201 cm³/mol. The maximum Gasteiger partial charge on any atom is 0.261 e. The topological polar surface area (TPSA) is 148 Å². The molecule has 2 aliphatic heterocycles. The van der Waals surface area contributed by atoms with E-state index in [4.69, 9.17) is 24.6 Å². The largest absolute Gasteiger partial charge is 0.464 e. The molecular formula is C39H36N8O4S. The molecule has 0 saturated carbocycles. The number of nitrogens with one attached hydrogen (secondary N) is 1. The van der Waals surface area contributed by atoms with Crippen LogP contribution in [0.3, 0.4) is 0 Å². The Morgan fingerprint density at radius 2 is 1.85 bits per heavy atom. The normalized spacial score (nSPS) is 14.6. The van der Waals surface area contributed by atoms with Crippen molar-refractivity contribution in [3.63, 3.8) is 0 Å². The summed E-state index contributed by atoms with van der Waals surface area (Å²) in [5.74, 6) is 1.89. The molecule has 262 valence electrons. The summed E-state index contributed by atoms with van der Waals surface area (Å²) in [7, 11) is 2.15. The zero-order chi connectivity index (χ0) is 35.6. The molecule has 1 saturated heterocycles. The van der Waals surface area contributed by atoms with E-state index in [1.54, 1.807) is 18.5 Å². The summed E-state index contributed by atoms with van der Waals surface area (Å²) in [6.45, 7) is 5.11. The highest BCUT2D eigenvalue weighted by Gasteiger charge is 2.23. The van der Waals surface area contributed by atoms with Crippen molar-refractivity contribution in [3.05, 3.63) is 90.3 Å². The van der Waals surface area contributed by atoms with Crippen LogP contribution in [0, 0.1) is 11.3 Å². The minimum Gasteiger partial charge on any atom is -0.464 e. The number of nitrogens with two attached hydrogens (primary N) is 1. The molecular weight excluding hydrogens is 677 g/mol. The molecule has 0 radical (unpaired) electrons. The zero-order valence-corrected chi connectivity index (χ0v) is 29.4. The first kappa shape index (κ1) is 33.2. The molecule has 52 heavy (non-hydrogen) atoms. The molecule has 13 heteroatoms. The van der Waals surface area contributed by atoms with Gasteiger partial charge in [0.05, 0.1) is 11.8 Å². The Morgan fingerprint density at radius 1 is 1.04 bits per heavy atom.